The molecule has 6 aromatic carbocycles. The standard InChI is InChI=1S/C47H35N3OS/c1-31-25-32(2)44(33(3)26-31)50-30-49(45(34-15-6-4-7-16-34)46(50)35-17-8-5-9-18-35)37-19-14-20-38(29-37)51-42-28-36(41-22-12-13-24-48-41)27-40-39-21-10-11-23-43(39)52-47(40)42/h4-29H,1-3H3. The molecule has 0 bridgehead atoms. The van der Waals surface area contributed by atoms with Crippen LogP contribution in [0.25, 0.3) is 65.3 Å². The first-order valence-corrected chi connectivity index (χ1v) is 18.3. The fourth-order valence-electron chi connectivity index (χ4n) is 7.38. The summed E-state index contributed by atoms with van der Waals surface area (Å²) in [5.74, 6) is 1.55. The third kappa shape index (κ3) is 5.66. The van der Waals surface area contributed by atoms with Gasteiger partial charge in [-0.2, -0.15) is 0 Å². The van der Waals surface area contributed by atoms with Gasteiger partial charge in [-0.05, 0) is 91.6 Å². The molecule has 0 unspecified atom stereocenters. The summed E-state index contributed by atoms with van der Waals surface area (Å²) in [6, 6.07) is 53.0. The Bertz CT molecular complexity index is 2710. The van der Waals surface area contributed by atoms with Crippen molar-refractivity contribution in [2.75, 3.05) is 0 Å². The Morgan fingerprint density at radius 3 is 2.10 bits per heavy atom. The molecule has 9 rings (SSSR count). The molecule has 0 N–H and O–H groups in total. The van der Waals surface area contributed by atoms with Crippen molar-refractivity contribution in [3.63, 3.8) is 0 Å². The van der Waals surface area contributed by atoms with Crippen molar-refractivity contribution in [2.24, 2.45) is 0 Å². The Labute approximate surface area is 307 Å². The second kappa shape index (κ2) is 13.1. The lowest BCUT2D eigenvalue weighted by Gasteiger charge is -2.16. The van der Waals surface area contributed by atoms with Crippen molar-refractivity contribution in [3.05, 3.63) is 181 Å². The first-order valence-electron chi connectivity index (χ1n) is 17.5. The molecule has 9 aromatic rings. The number of aryl methyl sites for hydroxylation is 3. The van der Waals surface area contributed by atoms with Gasteiger partial charge in [-0.15, -0.1) is 11.3 Å². The number of rotatable bonds is 7. The summed E-state index contributed by atoms with van der Waals surface area (Å²) in [5, 5.41) is 2.38. The van der Waals surface area contributed by atoms with Gasteiger partial charge in [0.2, 0.25) is 0 Å². The van der Waals surface area contributed by atoms with Crippen LogP contribution < -0.4 is 9.30 Å². The van der Waals surface area contributed by atoms with Crippen LogP contribution in [0.3, 0.4) is 0 Å². The van der Waals surface area contributed by atoms with Gasteiger partial charge in [0.15, 0.2) is 0 Å². The lowest BCUT2D eigenvalue weighted by Crippen LogP contribution is -2.34. The number of hydrogen-bond donors (Lipinski definition) is 0. The Balaban J connectivity index is 1.25. The van der Waals surface area contributed by atoms with Crippen molar-refractivity contribution in [1.29, 1.82) is 0 Å². The summed E-state index contributed by atoms with van der Waals surface area (Å²) in [7, 11) is 0. The minimum absolute atomic E-state index is 0.742. The number of imidazole rings is 1. The summed E-state index contributed by atoms with van der Waals surface area (Å²) < 4.78 is 13.7. The normalized spacial score (nSPS) is 11.4. The average molecular weight is 690 g/mol. The summed E-state index contributed by atoms with van der Waals surface area (Å²) in [4.78, 5) is 4.68. The number of nitrogens with zero attached hydrogens (tertiary/aromatic N) is 3. The number of aromatic nitrogens is 3. The van der Waals surface area contributed by atoms with E-state index in [0.717, 1.165) is 66.7 Å². The van der Waals surface area contributed by atoms with Gasteiger partial charge in [0.05, 0.1) is 33.2 Å². The topological polar surface area (TPSA) is 30.9 Å². The molecular formula is C47H35N3OS. The van der Waals surface area contributed by atoms with Gasteiger partial charge in [0.1, 0.15) is 11.5 Å². The van der Waals surface area contributed by atoms with E-state index in [4.69, 9.17) is 4.74 Å². The average Bonchev–Trinajstić information content (AvgIpc) is 3.75. The van der Waals surface area contributed by atoms with Crippen LogP contribution in [0.2, 0.25) is 0 Å². The Morgan fingerprint density at radius 2 is 1.35 bits per heavy atom. The van der Waals surface area contributed by atoms with E-state index in [1.807, 2.05) is 30.5 Å². The molecule has 5 heteroatoms. The second-order valence-corrected chi connectivity index (χ2v) is 14.3. The van der Waals surface area contributed by atoms with Crippen molar-refractivity contribution in [3.8, 4) is 56.6 Å². The Hall–Kier alpha value is -6.30. The predicted molar refractivity (Wildman–Crippen MR) is 214 cm³/mol. The van der Waals surface area contributed by atoms with Gasteiger partial charge >= 0.3 is 0 Å². The highest BCUT2D eigenvalue weighted by Gasteiger charge is 2.24. The largest absolute Gasteiger partial charge is 0.456 e. The fraction of sp³-hybridized carbons (Fsp3) is 0.0638. The molecule has 3 heterocycles. The number of hydrogen-bond acceptors (Lipinski definition) is 3. The van der Waals surface area contributed by atoms with E-state index in [1.54, 1.807) is 11.3 Å². The fourth-order valence-corrected chi connectivity index (χ4v) is 8.51. The molecule has 0 radical (unpaired) electrons. The monoisotopic (exact) mass is 689 g/mol. The lowest BCUT2D eigenvalue weighted by atomic mass is 10.0. The maximum absolute atomic E-state index is 6.90. The van der Waals surface area contributed by atoms with Crippen molar-refractivity contribution in [1.82, 2.24) is 9.55 Å². The van der Waals surface area contributed by atoms with E-state index in [1.165, 1.54) is 26.8 Å². The number of ether oxygens (including phenoxy) is 1. The van der Waals surface area contributed by atoms with E-state index in [0.29, 0.717) is 0 Å². The van der Waals surface area contributed by atoms with Crippen LogP contribution in [-0.4, -0.2) is 9.55 Å². The van der Waals surface area contributed by atoms with Crippen molar-refractivity contribution in [2.45, 2.75) is 20.8 Å². The number of fused-ring (bicyclic) bond motifs is 3. The maximum atomic E-state index is 6.90. The zero-order valence-electron chi connectivity index (χ0n) is 29.2. The minimum Gasteiger partial charge on any atom is -0.456 e. The van der Waals surface area contributed by atoms with Crippen LogP contribution in [-0.2, 0) is 0 Å². The first kappa shape index (κ1) is 31.7. The van der Waals surface area contributed by atoms with Crippen LogP contribution in [0.4, 0.5) is 0 Å². The van der Waals surface area contributed by atoms with Gasteiger partial charge < -0.3 is 4.74 Å². The third-order valence-electron chi connectivity index (χ3n) is 9.53. The van der Waals surface area contributed by atoms with Crippen molar-refractivity contribution < 1.29 is 9.30 Å². The predicted octanol–water partition coefficient (Wildman–Crippen LogP) is 12.0. The molecule has 0 amide bonds. The highest BCUT2D eigenvalue weighted by Crippen LogP contribution is 2.44. The van der Waals surface area contributed by atoms with Crippen LogP contribution in [0, 0.1) is 27.1 Å². The zero-order chi connectivity index (χ0) is 35.2. The molecule has 0 saturated heterocycles. The van der Waals surface area contributed by atoms with Gasteiger partial charge in [-0.3, -0.25) is 14.1 Å². The van der Waals surface area contributed by atoms with Crippen LogP contribution in [0.1, 0.15) is 16.7 Å². The number of thiophene rings is 1. The number of pyridine rings is 1. The molecular weight excluding hydrogens is 655 g/mol. The molecule has 3 aromatic heterocycles. The quantitative estimate of drug-likeness (QED) is 0.123. The molecule has 0 aliphatic rings. The highest BCUT2D eigenvalue weighted by atomic mass is 32.1. The smallest absolute Gasteiger partial charge is 0.269 e. The third-order valence-corrected chi connectivity index (χ3v) is 10.7. The van der Waals surface area contributed by atoms with E-state index >= 15 is 0 Å². The summed E-state index contributed by atoms with van der Waals surface area (Å²) in [6.45, 7) is 6.53. The molecule has 0 fully saturated rings. The molecule has 0 aliphatic heterocycles. The van der Waals surface area contributed by atoms with Crippen LogP contribution >= 0.6 is 11.3 Å². The van der Waals surface area contributed by atoms with Gasteiger partial charge in [-0.1, -0.05) is 109 Å². The molecule has 4 nitrogen and oxygen atoms in total. The second-order valence-electron chi connectivity index (χ2n) is 13.2. The molecule has 0 atom stereocenters. The Morgan fingerprint density at radius 1 is 0.635 bits per heavy atom. The first-order chi connectivity index (χ1) is 25.5. The molecule has 250 valence electrons. The van der Waals surface area contributed by atoms with Crippen LogP contribution in [0.5, 0.6) is 11.5 Å². The van der Waals surface area contributed by atoms with Gasteiger partial charge in [0.25, 0.3) is 6.33 Å². The molecule has 0 saturated carbocycles. The summed E-state index contributed by atoms with van der Waals surface area (Å²) in [6.07, 6.45) is 5.66. The lowest BCUT2D eigenvalue weighted by molar-refractivity contribution is -0.588. The van der Waals surface area contributed by atoms with E-state index < -0.39 is 0 Å². The number of benzene rings is 6. The van der Waals surface area contributed by atoms with Gasteiger partial charge in [-0.25, -0.2) is 0 Å². The van der Waals surface area contributed by atoms with Crippen molar-refractivity contribution >= 4 is 31.5 Å². The van der Waals surface area contributed by atoms with E-state index in [9.17, 15) is 0 Å². The SMILES string of the molecule is Cc1cc(C)c(-[n+]2[c-]n(-c3cccc(Oc4cc(-c5ccccn5)cc5c4sc4ccccc45)c3)c(-c3ccccc3)c2-c2ccccc2)c(C)c1. The van der Waals surface area contributed by atoms with Gasteiger partial charge in [0, 0.05) is 27.2 Å². The molecule has 52 heavy (non-hydrogen) atoms. The van der Waals surface area contributed by atoms with Crippen LogP contribution in [0.15, 0.2) is 158 Å². The zero-order valence-corrected chi connectivity index (χ0v) is 30.0. The maximum Gasteiger partial charge on any atom is 0.269 e. The van der Waals surface area contributed by atoms with E-state index in [2.05, 4.69) is 169 Å². The summed E-state index contributed by atoms with van der Waals surface area (Å²) in [5.41, 5.74) is 12.0. The Kier molecular flexibility index (Phi) is 7.98. The highest BCUT2D eigenvalue weighted by molar-refractivity contribution is 7.26. The summed E-state index contributed by atoms with van der Waals surface area (Å²) >= 11 is 1.76. The minimum atomic E-state index is 0.742. The molecule has 0 spiro atoms. The van der Waals surface area contributed by atoms with E-state index in [-0.39, 0.29) is 0 Å². The molecule has 0 aliphatic carbocycles.